The van der Waals surface area contributed by atoms with E-state index in [0.29, 0.717) is 29.3 Å². The van der Waals surface area contributed by atoms with E-state index in [2.05, 4.69) is 4.98 Å². The number of fused-ring (bicyclic) bond motifs is 1. The number of rotatable bonds is 5. The Morgan fingerprint density at radius 2 is 1.92 bits per heavy atom. The number of hydrogen-bond acceptors (Lipinski definition) is 4. The van der Waals surface area contributed by atoms with Crippen LogP contribution in [0.25, 0.3) is 22.2 Å². The second-order valence-corrected chi connectivity index (χ2v) is 5.48. The van der Waals surface area contributed by atoms with Gasteiger partial charge in [-0.1, -0.05) is 36.4 Å². The zero-order valence-electron chi connectivity index (χ0n) is 13.2. The molecule has 4 nitrogen and oxygen atoms in total. The number of methoxy groups -OCH3 is 1. The molecule has 5 heteroatoms. The Labute approximate surface area is 145 Å². The summed E-state index contributed by atoms with van der Waals surface area (Å²) in [4.78, 5) is 16.7. The average molecular weight is 342 g/mol. The summed E-state index contributed by atoms with van der Waals surface area (Å²) in [7, 11) is 1.35. The number of pyridine rings is 1. The molecule has 0 unspecified atom stereocenters. The fourth-order valence-electron chi connectivity index (χ4n) is 2.52. The molecule has 0 spiro atoms. The molecule has 1 heterocycles. The van der Waals surface area contributed by atoms with Gasteiger partial charge in [-0.3, -0.25) is 0 Å². The summed E-state index contributed by atoms with van der Waals surface area (Å²) in [6, 6.07) is 16.9. The van der Waals surface area contributed by atoms with Gasteiger partial charge in [0.25, 0.3) is 0 Å². The molecule has 0 aliphatic heterocycles. The molecule has 0 saturated heterocycles. The standard InChI is InChI=1S/C19H16ClNO3/c1-23-19(22)15-9-5-8-14-17(24-11-10-20)12-16(21-18(14)15)13-6-3-2-4-7-13/h2-9,12H,10-11H2,1H3. The molecular weight excluding hydrogens is 326 g/mol. The van der Waals surface area contributed by atoms with Gasteiger partial charge in [0, 0.05) is 17.0 Å². The van der Waals surface area contributed by atoms with Crippen molar-refractivity contribution in [2.24, 2.45) is 0 Å². The Morgan fingerprint density at radius 1 is 1.12 bits per heavy atom. The van der Waals surface area contributed by atoms with Gasteiger partial charge in [-0.25, -0.2) is 9.78 Å². The summed E-state index contributed by atoms with van der Waals surface area (Å²) >= 11 is 5.75. The van der Waals surface area contributed by atoms with E-state index in [-0.39, 0.29) is 0 Å². The molecule has 3 aromatic rings. The third-order valence-corrected chi connectivity index (χ3v) is 3.77. The van der Waals surface area contributed by atoms with Crippen molar-refractivity contribution in [1.82, 2.24) is 4.98 Å². The number of alkyl halides is 1. The smallest absolute Gasteiger partial charge is 0.340 e. The number of nitrogens with zero attached hydrogens (tertiary/aromatic N) is 1. The van der Waals surface area contributed by atoms with Gasteiger partial charge in [0.05, 0.1) is 29.8 Å². The Balaban J connectivity index is 2.25. The van der Waals surface area contributed by atoms with E-state index in [1.165, 1.54) is 7.11 Å². The highest BCUT2D eigenvalue weighted by Gasteiger charge is 2.16. The maximum Gasteiger partial charge on any atom is 0.340 e. The lowest BCUT2D eigenvalue weighted by Gasteiger charge is -2.12. The summed E-state index contributed by atoms with van der Waals surface area (Å²) in [5.74, 6) is 0.591. The van der Waals surface area contributed by atoms with E-state index < -0.39 is 5.97 Å². The Bertz CT molecular complexity index is 865. The number of carbonyl (C=O) groups excluding carboxylic acids is 1. The van der Waals surface area contributed by atoms with Crippen LogP contribution >= 0.6 is 11.6 Å². The van der Waals surface area contributed by atoms with Crippen molar-refractivity contribution >= 4 is 28.5 Å². The fourth-order valence-corrected chi connectivity index (χ4v) is 2.59. The van der Waals surface area contributed by atoms with E-state index in [4.69, 9.17) is 21.1 Å². The van der Waals surface area contributed by atoms with Gasteiger partial charge in [0.15, 0.2) is 0 Å². The highest BCUT2D eigenvalue weighted by Crippen LogP contribution is 2.32. The van der Waals surface area contributed by atoms with E-state index in [1.54, 1.807) is 12.1 Å². The monoisotopic (exact) mass is 341 g/mol. The molecule has 0 aliphatic carbocycles. The first kappa shape index (κ1) is 16.3. The maximum absolute atomic E-state index is 12.1. The van der Waals surface area contributed by atoms with Crippen LogP contribution < -0.4 is 4.74 Å². The van der Waals surface area contributed by atoms with Gasteiger partial charge in [-0.15, -0.1) is 11.6 Å². The predicted octanol–water partition coefficient (Wildman–Crippen LogP) is 4.31. The van der Waals surface area contributed by atoms with Crippen molar-refractivity contribution < 1.29 is 14.3 Å². The molecule has 3 rings (SSSR count). The molecule has 24 heavy (non-hydrogen) atoms. The molecular formula is C19H16ClNO3. The van der Waals surface area contributed by atoms with Gasteiger partial charge in [0.2, 0.25) is 0 Å². The van der Waals surface area contributed by atoms with Gasteiger partial charge >= 0.3 is 5.97 Å². The summed E-state index contributed by atoms with van der Waals surface area (Å²) in [6.45, 7) is 0.372. The van der Waals surface area contributed by atoms with Crippen molar-refractivity contribution in [3.05, 3.63) is 60.2 Å². The number of hydrogen-bond donors (Lipinski definition) is 0. The van der Waals surface area contributed by atoms with Gasteiger partial charge < -0.3 is 9.47 Å². The Hall–Kier alpha value is -2.59. The van der Waals surface area contributed by atoms with Crippen molar-refractivity contribution in [3.8, 4) is 17.0 Å². The normalized spacial score (nSPS) is 10.6. The number of benzene rings is 2. The first-order valence-corrected chi connectivity index (χ1v) is 8.04. The second kappa shape index (κ2) is 7.32. The zero-order valence-corrected chi connectivity index (χ0v) is 13.9. The SMILES string of the molecule is COC(=O)c1cccc2c(OCCCl)cc(-c3ccccc3)nc12. The minimum Gasteiger partial charge on any atom is -0.492 e. The van der Waals surface area contributed by atoms with Crippen LogP contribution in [0, 0.1) is 0 Å². The first-order chi connectivity index (χ1) is 11.7. The summed E-state index contributed by atoms with van der Waals surface area (Å²) < 4.78 is 10.6. The summed E-state index contributed by atoms with van der Waals surface area (Å²) in [5, 5.41) is 0.752. The van der Waals surface area contributed by atoms with Gasteiger partial charge in [-0.05, 0) is 12.1 Å². The fraction of sp³-hybridized carbons (Fsp3) is 0.158. The van der Waals surface area contributed by atoms with Crippen molar-refractivity contribution in [3.63, 3.8) is 0 Å². The number of ether oxygens (including phenoxy) is 2. The molecule has 122 valence electrons. The highest BCUT2D eigenvalue weighted by molar-refractivity contribution is 6.18. The van der Waals surface area contributed by atoms with E-state index in [1.807, 2.05) is 42.5 Å². The molecule has 0 aliphatic rings. The lowest BCUT2D eigenvalue weighted by atomic mass is 10.1. The van der Waals surface area contributed by atoms with Crippen LogP contribution in [0.1, 0.15) is 10.4 Å². The highest BCUT2D eigenvalue weighted by atomic mass is 35.5. The first-order valence-electron chi connectivity index (χ1n) is 7.51. The van der Waals surface area contributed by atoms with Crippen LogP contribution in [0.2, 0.25) is 0 Å². The van der Waals surface area contributed by atoms with Crippen LogP contribution in [0.5, 0.6) is 5.75 Å². The molecule has 0 atom stereocenters. The van der Waals surface area contributed by atoms with Gasteiger partial charge in [-0.2, -0.15) is 0 Å². The van der Waals surface area contributed by atoms with E-state index in [0.717, 1.165) is 16.6 Å². The quantitative estimate of drug-likeness (QED) is 0.512. The summed E-state index contributed by atoms with van der Waals surface area (Å²) in [6.07, 6.45) is 0. The topological polar surface area (TPSA) is 48.4 Å². The summed E-state index contributed by atoms with van der Waals surface area (Å²) in [5.41, 5.74) is 2.62. The van der Waals surface area contributed by atoms with Crippen molar-refractivity contribution in [1.29, 1.82) is 0 Å². The number of aromatic nitrogens is 1. The van der Waals surface area contributed by atoms with E-state index in [9.17, 15) is 4.79 Å². The lowest BCUT2D eigenvalue weighted by molar-refractivity contribution is 0.0603. The molecule has 0 N–H and O–H groups in total. The number of carbonyl (C=O) groups is 1. The molecule has 0 radical (unpaired) electrons. The minimum absolute atomic E-state index is 0.372. The molecule has 1 aromatic heterocycles. The predicted molar refractivity (Wildman–Crippen MR) is 94.7 cm³/mol. The Kier molecular flexibility index (Phi) is 4.96. The Morgan fingerprint density at radius 3 is 2.62 bits per heavy atom. The largest absolute Gasteiger partial charge is 0.492 e. The lowest BCUT2D eigenvalue weighted by Crippen LogP contribution is -2.05. The second-order valence-electron chi connectivity index (χ2n) is 5.10. The van der Waals surface area contributed by atoms with Crippen LogP contribution in [-0.4, -0.2) is 30.5 Å². The molecule has 0 fully saturated rings. The minimum atomic E-state index is -0.429. The van der Waals surface area contributed by atoms with Crippen LogP contribution in [0.15, 0.2) is 54.6 Å². The third kappa shape index (κ3) is 3.19. The molecule has 0 bridgehead atoms. The van der Waals surface area contributed by atoms with Crippen LogP contribution in [0.3, 0.4) is 0 Å². The van der Waals surface area contributed by atoms with E-state index >= 15 is 0 Å². The maximum atomic E-state index is 12.1. The number of esters is 1. The van der Waals surface area contributed by atoms with Crippen LogP contribution in [-0.2, 0) is 4.74 Å². The van der Waals surface area contributed by atoms with Gasteiger partial charge in [0.1, 0.15) is 12.4 Å². The third-order valence-electron chi connectivity index (χ3n) is 3.61. The van der Waals surface area contributed by atoms with Crippen molar-refractivity contribution in [2.45, 2.75) is 0 Å². The number of halogens is 1. The molecule has 2 aromatic carbocycles. The zero-order chi connectivity index (χ0) is 16.9. The molecule has 0 amide bonds. The van der Waals surface area contributed by atoms with Crippen LogP contribution in [0.4, 0.5) is 0 Å². The van der Waals surface area contributed by atoms with Crippen molar-refractivity contribution in [2.75, 3.05) is 19.6 Å². The number of para-hydroxylation sites is 1. The average Bonchev–Trinajstić information content (AvgIpc) is 2.65. The molecule has 0 saturated carbocycles.